The molecule has 0 aliphatic rings. The van der Waals surface area contributed by atoms with Crippen molar-refractivity contribution in [2.75, 3.05) is 0 Å². The van der Waals surface area contributed by atoms with Crippen molar-refractivity contribution < 1.29 is 0 Å². The Morgan fingerprint density at radius 2 is 2.05 bits per heavy atom. The fourth-order valence-electron chi connectivity index (χ4n) is 1.96. The summed E-state index contributed by atoms with van der Waals surface area (Å²) in [4.78, 5) is 1.20. The van der Waals surface area contributed by atoms with Crippen LogP contribution in [0.2, 0.25) is 5.02 Å². The molecule has 2 nitrogen and oxygen atoms in total. The summed E-state index contributed by atoms with van der Waals surface area (Å²) in [7, 11) is 0. The van der Waals surface area contributed by atoms with E-state index in [2.05, 4.69) is 26.4 Å². The molecule has 0 aliphatic carbocycles. The van der Waals surface area contributed by atoms with E-state index >= 15 is 0 Å². The molecule has 0 radical (unpaired) electrons. The van der Waals surface area contributed by atoms with Gasteiger partial charge in [-0.3, -0.25) is 0 Å². The molecule has 0 bridgehead atoms. The third-order valence-electron chi connectivity index (χ3n) is 3.07. The Bertz CT molecular complexity index is 721. The lowest BCUT2D eigenvalue weighted by molar-refractivity contribution is 0.880. The van der Waals surface area contributed by atoms with E-state index < -0.39 is 0 Å². The van der Waals surface area contributed by atoms with Crippen molar-refractivity contribution in [1.82, 2.24) is 9.78 Å². The summed E-state index contributed by atoms with van der Waals surface area (Å²) in [5.41, 5.74) is 3.26. The average Bonchev–Trinajstić information content (AvgIpc) is 3.08. The predicted molar refractivity (Wildman–Crippen MR) is 88.4 cm³/mol. The molecule has 2 aromatic heterocycles. The van der Waals surface area contributed by atoms with Gasteiger partial charge in [0.1, 0.15) is 0 Å². The van der Waals surface area contributed by atoms with Crippen molar-refractivity contribution in [3.8, 4) is 5.69 Å². The number of benzene rings is 1. The third kappa shape index (κ3) is 2.55. The quantitative estimate of drug-likeness (QED) is 0.568. The summed E-state index contributed by atoms with van der Waals surface area (Å²) in [6, 6.07) is 10.1. The van der Waals surface area contributed by atoms with Gasteiger partial charge >= 0.3 is 0 Å². The van der Waals surface area contributed by atoms with Crippen LogP contribution in [0.4, 0.5) is 0 Å². The van der Waals surface area contributed by atoms with Gasteiger partial charge in [0.25, 0.3) is 0 Å². The lowest BCUT2D eigenvalue weighted by Gasteiger charge is -2.06. The maximum Gasteiger partial charge on any atom is 0.0783 e. The van der Waals surface area contributed by atoms with Gasteiger partial charge in [-0.25, -0.2) is 4.68 Å². The molecule has 3 rings (SSSR count). The van der Waals surface area contributed by atoms with E-state index in [1.165, 1.54) is 0 Å². The van der Waals surface area contributed by atoms with Gasteiger partial charge in [0.2, 0.25) is 0 Å². The summed E-state index contributed by atoms with van der Waals surface area (Å²) in [6.07, 6.45) is 3.90. The van der Waals surface area contributed by atoms with Gasteiger partial charge in [-0.2, -0.15) is 5.10 Å². The Morgan fingerprint density at radius 1 is 1.30 bits per heavy atom. The highest BCUT2D eigenvalue weighted by atomic mass is 79.9. The fraction of sp³-hybridized carbons (Fsp3) is 0.133. The second kappa shape index (κ2) is 5.72. The Labute approximate surface area is 135 Å². The molecule has 5 heteroatoms. The number of hydrogen-bond acceptors (Lipinski definition) is 2. The maximum absolute atomic E-state index is 6.33. The first-order valence-electron chi connectivity index (χ1n) is 6.14. The minimum atomic E-state index is 0.0752. The second-order valence-corrected chi connectivity index (χ2v) is 6.72. The van der Waals surface area contributed by atoms with Gasteiger partial charge < -0.3 is 0 Å². The maximum atomic E-state index is 6.33. The highest BCUT2D eigenvalue weighted by Crippen LogP contribution is 2.40. The molecule has 1 atom stereocenters. The van der Waals surface area contributed by atoms with Crippen LogP contribution >= 0.6 is 38.9 Å². The third-order valence-corrected chi connectivity index (χ3v) is 6.14. The van der Waals surface area contributed by atoms with Crippen molar-refractivity contribution >= 4 is 38.9 Å². The number of nitrogens with zero attached hydrogens (tertiary/aromatic N) is 2. The van der Waals surface area contributed by atoms with Crippen molar-refractivity contribution in [2.24, 2.45) is 0 Å². The Hall–Kier alpha value is -1.10. The molecular weight excluding hydrogens is 356 g/mol. The number of aryl methyl sites for hydroxylation is 1. The predicted octanol–water partition coefficient (Wildman–Crippen LogP) is 5.38. The molecule has 0 N–H and O–H groups in total. The zero-order chi connectivity index (χ0) is 14.1. The molecule has 0 saturated heterocycles. The molecule has 1 aromatic carbocycles. The number of thiophene rings is 1. The van der Waals surface area contributed by atoms with Gasteiger partial charge in [-0.1, -0.05) is 45.7 Å². The van der Waals surface area contributed by atoms with E-state index in [-0.39, 0.29) is 4.83 Å². The lowest BCUT2D eigenvalue weighted by Crippen LogP contribution is -1.93. The molecular formula is C15H12BrClN2S. The van der Waals surface area contributed by atoms with Gasteiger partial charge in [-0.05, 0) is 30.0 Å². The molecule has 0 saturated carbocycles. The topological polar surface area (TPSA) is 17.8 Å². The number of alkyl halides is 1. The fourth-order valence-corrected chi connectivity index (χ4v) is 4.19. The molecule has 0 amide bonds. The second-order valence-electron chi connectivity index (χ2n) is 4.51. The molecule has 1 unspecified atom stereocenters. The van der Waals surface area contributed by atoms with Crippen LogP contribution in [0.1, 0.15) is 20.8 Å². The molecule has 3 aromatic rings. The summed E-state index contributed by atoms with van der Waals surface area (Å²) in [6.45, 7) is 2.02. The van der Waals surface area contributed by atoms with Crippen LogP contribution in [0.25, 0.3) is 5.69 Å². The van der Waals surface area contributed by atoms with Crippen LogP contribution in [-0.2, 0) is 0 Å². The number of para-hydroxylation sites is 1. The molecule has 0 fully saturated rings. The average molecular weight is 368 g/mol. The van der Waals surface area contributed by atoms with Crippen molar-refractivity contribution in [1.29, 1.82) is 0 Å². The van der Waals surface area contributed by atoms with Crippen LogP contribution in [0.3, 0.4) is 0 Å². The van der Waals surface area contributed by atoms with Crippen molar-refractivity contribution in [3.05, 3.63) is 69.1 Å². The van der Waals surface area contributed by atoms with Gasteiger partial charge in [0.05, 0.1) is 21.7 Å². The largest absolute Gasteiger partial charge is 0.241 e. The zero-order valence-electron chi connectivity index (χ0n) is 10.8. The summed E-state index contributed by atoms with van der Waals surface area (Å²) < 4.78 is 1.87. The van der Waals surface area contributed by atoms with Crippen LogP contribution in [0.5, 0.6) is 0 Å². The number of halogens is 2. The Balaban J connectivity index is 1.92. The van der Waals surface area contributed by atoms with Gasteiger partial charge in [0, 0.05) is 16.6 Å². The van der Waals surface area contributed by atoms with Crippen LogP contribution < -0.4 is 0 Å². The van der Waals surface area contributed by atoms with Gasteiger partial charge in [-0.15, -0.1) is 11.3 Å². The lowest BCUT2D eigenvalue weighted by atomic mass is 10.2. The summed E-state index contributed by atoms with van der Waals surface area (Å²) in [5, 5.41) is 7.33. The molecule has 102 valence electrons. The van der Waals surface area contributed by atoms with E-state index in [4.69, 9.17) is 11.6 Å². The Morgan fingerprint density at radius 3 is 2.70 bits per heavy atom. The van der Waals surface area contributed by atoms with E-state index in [9.17, 15) is 0 Å². The smallest absolute Gasteiger partial charge is 0.0783 e. The number of hydrogen-bond donors (Lipinski definition) is 0. The van der Waals surface area contributed by atoms with Crippen molar-refractivity contribution in [2.45, 2.75) is 11.8 Å². The number of aromatic nitrogens is 2. The molecule has 2 heterocycles. The minimum Gasteiger partial charge on any atom is -0.241 e. The highest BCUT2D eigenvalue weighted by Gasteiger charge is 2.18. The van der Waals surface area contributed by atoms with E-state index in [1.807, 2.05) is 54.3 Å². The SMILES string of the molecule is Cc1csc(C(Br)c2cnn(-c3ccccc3)c2)c1Cl. The monoisotopic (exact) mass is 366 g/mol. The van der Waals surface area contributed by atoms with Crippen LogP contribution in [0, 0.1) is 6.92 Å². The normalized spacial score (nSPS) is 12.6. The first-order chi connectivity index (χ1) is 9.66. The van der Waals surface area contributed by atoms with Crippen LogP contribution in [0.15, 0.2) is 48.1 Å². The number of rotatable bonds is 3. The highest BCUT2D eigenvalue weighted by molar-refractivity contribution is 9.09. The first kappa shape index (κ1) is 13.9. The molecule has 20 heavy (non-hydrogen) atoms. The summed E-state index contributed by atoms with van der Waals surface area (Å²) >= 11 is 11.7. The van der Waals surface area contributed by atoms with E-state index in [0.29, 0.717) is 0 Å². The molecule has 0 aliphatic heterocycles. The van der Waals surface area contributed by atoms with E-state index in [0.717, 1.165) is 26.7 Å². The first-order valence-corrected chi connectivity index (χ1v) is 8.31. The zero-order valence-corrected chi connectivity index (χ0v) is 13.9. The van der Waals surface area contributed by atoms with E-state index in [1.54, 1.807) is 11.3 Å². The minimum absolute atomic E-state index is 0.0752. The molecule has 0 spiro atoms. The summed E-state index contributed by atoms with van der Waals surface area (Å²) in [5.74, 6) is 0. The van der Waals surface area contributed by atoms with Gasteiger partial charge in [0.15, 0.2) is 0 Å². The van der Waals surface area contributed by atoms with Crippen molar-refractivity contribution in [3.63, 3.8) is 0 Å². The van der Waals surface area contributed by atoms with Crippen LogP contribution in [-0.4, -0.2) is 9.78 Å². The standard InChI is InChI=1S/C15H12BrClN2S/c1-10-9-20-15(14(10)17)13(16)11-7-18-19(8-11)12-5-3-2-4-6-12/h2-9,13H,1H3. The Kier molecular flexibility index (Phi) is 3.96.